The van der Waals surface area contributed by atoms with E-state index >= 15 is 0 Å². The number of H-pyrrole nitrogens is 1. The van der Waals surface area contributed by atoms with Gasteiger partial charge < -0.3 is 9.72 Å². The summed E-state index contributed by atoms with van der Waals surface area (Å²) in [5.74, 6) is 1.54. The minimum Gasteiger partial charge on any atom is -0.492 e. The highest BCUT2D eigenvalue weighted by molar-refractivity contribution is 5.77. The molecule has 0 fully saturated rings. The van der Waals surface area contributed by atoms with E-state index in [0.29, 0.717) is 17.8 Å². The van der Waals surface area contributed by atoms with Crippen molar-refractivity contribution < 1.29 is 4.74 Å². The predicted molar refractivity (Wildman–Crippen MR) is 100 cm³/mol. The normalized spacial score (nSPS) is 12.5. The van der Waals surface area contributed by atoms with Crippen molar-refractivity contribution in [2.45, 2.75) is 19.9 Å². The largest absolute Gasteiger partial charge is 0.492 e. The number of likely N-dealkylation sites (N-methyl/N-ethyl adjacent to an activating group) is 1. The number of rotatable bonds is 6. The van der Waals surface area contributed by atoms with Crippen molar-refractivity contribution in [3.05, 3.63) is 70.3 Å². The van der Waals surface area contributed by atoms with Crippen molar-refractivity contribution in [2.24, 2.45) is 0 Å². The van der Waals surface area contributed by atoms with E-state index < -0.39 is 0 Å². The molecule has 5 heteroatoms. The molecular formula is C20H23N3O2. The highest BCUT2D eigenvalue weighted by Crippen LogP contribution is 2.16. The van der Waals surface area contributed by atoms with Crippen molar-refractivity contribution >= 4 is 10.9 Å². The molecule has 5 nitrogen and oxygen atoms in total. The minimum atomic E-state index is -0.100. The van der Waals surface area contributed by atoms with E-state index in [1.54, 1.807) is 6.07 Å². The number of hydrogen-bond acceptors (Lipinski definition) is 4. The molecule has 0 aliphatic rings. The molecule has 25 heavy (non-hydrogen) atoms. The van der Waals surface area contributed by atoms with Crippen LogP contribution in [-0.2, 0) is 0 Å². The number of para-hydroxylation sites is 1. The van der Waals surface area contributed by atoms with Gasteiger partial charge in [0.15, 0.2) is 0 Å². The van der Waals surface area contributed by atoms with Crippen molar-refractivity contribution in [3.8, 4) is 5.75 Å². The molecule has 0 saturated heterocycles. The van der Waals surface area contributed by atoms with Crippen LogP contribution < -0.4 is 10.3 Å². The summed E-state index contributed by atoms with van der Waals surface area (Å²) < 4.78 is 5.80. The third-order valence-corrected chi connectivity index (χ3v) is 4.39. The fourth-order valence-corrected chi connectivity index (χ4v) is 2.72. The summed E-state index contributed by atoms with van der Waals surface area (Å²) >= 11 is 0. The number of benzene rings is 2. The maximum Gasteiger partial charge on any atom is 0.258 e. The van der Waals surface area contributed by atoms with E-state index in [1.165, 1.54) is 5.56 Å². The molecule has 0 aliphatic heterocycles. The van der Waals surface area contributed by atoms with E-state index in [9.17, 15) is 4.79 Å². The summed E-state index contributed by atoms with van der Waals surface area (Å²) in [6.07, 6.45) is 0. The number of fused-ring (bicyclic) bond motifs is 1. The van der Waals surface area contributed by atoms with Crippen molar-refractivity contribution in [2.75, 3.05) is 20.2 Å². The molecule has 0 unspecified atom stereocenters. The molecule has 3 rings (SSSR count). The fourth-order valence-electron chi connectivity index (χ4n) is 2.72. The molecule has 0 spiro atoms. The van der Waals surface area contributed by atoms with Crippen LogP contribution in [-0.4, -0.2) is 35.1 Å². The zero-order chi connectivity index (χ0) is 17.8. The number of aromatic nitrogens is 2. The molecule has 2 aromatic carbocycles. The summed E-state index contributed by atoms with van der Waals surface area (Å²) in [6, 6.07) is 15.4. The number of hydrogen-bond donors (Lipinski definition) is 1. The van der Waals surface area contributed by atoms with E-state index in [2.05, 4.69) is 14.9 Å². The fraction of sp³-hybridized carbons (Fsp3) is 0.300. The van der Waals surface area contributed by atoms with Gasteiger partial charge >= 0.3 is 0 Å². The minimum absolute atomic E-state index is 0.0154. The molecule has 3 aromatic rings. The molecule has 0 radical (unpaired) electrons. The Morgan fingerprint density at radius 2 is 2.00 bits per heavy atom. The maximum atomic E-state index is 12.2. The zero-order valence-corrected chi connectivity index (χ0v) is 14.8. The summed E-state index contributed by atoms with van der Waals surface area (Å²) in [5.41, 5.74) is 1.80. The second-order valence-corrected chi connectivity index (χ2v) is 6.29. The quantitative estimate of drug-likeness (QED) is 0.750. The zero-order valence-electron chi connectivity index (χ0n) is 14.8. The molecule has 1 aromatic heterocycles. The first-order chi connectivity index (χ1) is 12.0. The number of ether oxygens (including phenoxy) is 1. The Morgan fingerprint density at radius 3 is 2.80 bits per heavy atom. The van der Waals surface area contributed by atoms with Gasteiger partial charge in [-0.25, -0.2) is 4.98 Å². The van der Waals surface area contributed by atoms with Crippen LogP contribution in [0, 0.1) is 6.92 Å². The SMILES string of the molecule is Cc1cccc(OCCN(C)[C@@H](C)c2nc3ccccc3c(=O)[nH]2)c1. The average Bonchev–Trinajstić information content (AvgIpc) is 2.61. The Balaban J connectivity index is 1.66. The van der Waals surface area contributed by atoms with E-state index in [-0.39, 0.29) is 11.6 Å². The summed E-state index contributed by atoms with van der Waals surface area (Å²) in [6.45, 7) is 5.37. The van der Waals surface area contributed by atoms with Gasteiger partial charge in [0.2, 0.25) is 0 Å². The number of nitrogens with zero attached hydrogens (tertiary/aromatic N) is 2. The van der Waals surface area contributed by atoms with Crippen molar-refractivity contribution in [1.29, 1.82) is 0 Å². The van der Waals surface area contributed by atoms with Crippen LogP contribution in [0.4, 0.5) is 0 Å². The van der Waals surface area contributed by atoms with Gasteiger partial charge in [-0.1, -0.05) is 24.3 Å². The molecule has 0 saturated carbocycles. The Labute approximate surface area is 147 Å². The van der Waals surface area contributed by atoms with Gasteiger partial charge in [0, 0.05) is 6.54 Å². The molecule has 0 aliphatic carbocycles. The first-order valence-electron chi connectivity index (χ1n) is 8.43. The van der Waals surface area contributed by atoms with E-state index in [1.807, 2.05) is 63.4 Å². The smallest absolute Gasteiger partial charge is 0.258 e. The Morgan fingerprint density at radius 1 is 1.20 bits per heavy atom. The number of aryl methyl sites for hydroxylation is 1. The van der Waals surface area contributed by atoms with Crippen molar-refractivity contribution in [1.82, 2.24) is 14.9 Å². The molecule has 0 amide bonds. The summed E-state index contributed by atoms with van der Waals surface area (Å²) in [7, 11) is 2.00. The first kappa shape index (κ1) is 17.2. The lowest BCUT2D eigenvalue weighted by molar-refractivity contribution is 0.196. The van der Waals surface area contributed by atoms with Crippen LogP contribution in [0.25, 0.3) is 10.9 Å². The standard InChI is InChI=1S/C20H23N3O2/c1-14-7-6-8-16(13-14)25-12-11-23(3)15(2)19-21-18-10-5-4-9-17(18)20(24)22-19/h4-10,13,15H,11-12H2,1-3H3,(H,21,22,24)/t15-/m0/s1. The Bertz CT molecular complexity index is 920. The molecule has 1 atom stereocenters. The van der Waals surface area contributed by atoms with Crippen LogP contribution in [0.5, 0.6) is 5.75 Å². The summed E-state index contributed by atoms with van der Waals surface area (Å²) in [4.78, 5) is 21.8. The van der Waals surface area contributed by atoms with Crippen LogP contribution in [0.1, 0.15) is 24.4 Å². The van der Waals surface area contributed by atoms with Crippen LogP contribution in [0.15, 0.2) is 53.3 Å². The molecule has 1 heterocycles. The second kappa shape index (κ2) is 7.49. The lowest BCUT2D eigenvalue weighted by atomic mass is 10.2. The van der Waals surface area contributed by atoms with Gasteiger partial charge in [0.1, 0.15) is 18.2 Å². The lowest BCUT2D eigenvalue weighted by Gasteiger charge is -2.24. The Hall–Kier alpha value is -2.66. The van der Waals surface area contributed by atoms with Crippen LogP contribution >= 0.6 is 0 Å². The molecular weight excluding hydrogens is 314 g/mol. The van der Waals surface area contributed by atoms with Gasteiger partial charge in [-0.2, -0.15) is 0 Å². The van der Waals surface area contributed by atoms with Gasteiger partial charge in [-0.3, -0.25) is 9.69 Å². The van der Waals surface area contributed by atoms with Gasteiger partial charge in [0.05, 0.1) is 16.9 Å². The Kier molecular flexibility index (Phi) is 5.14. The highest BCUT2D eigenvalue weighted by atomic mass is 16.5. The number of aromatic amines is 1. The lowest BCUT2D eigenvalue weighted by Crippen LogP contribution is -2.29. The maximum absolute atomic E-state index is 12.2. The molecule has 1 N–H and O–H groups in total. The van der Waals surface area contributed by atoms with E-state index in [0.717, 1.165) is 17.8 Å². The molecule has 130 valence electrons. The highest BCUT2D eigenvalue weighted by Gasteiger charge is 2.15. The average molecular weight is 337 g/mol. The van der Waals surface area contributed by atoms with Gasteiger partial charge in [-0.15, -0.1) is 0 Å². The van der Waals surface area contributed by atoms with E-state index in [4.69, 9.17) is 4.74 Å². The third-order valence-electron chi connectivity index (χ3n) is 4.39. The summed E-state index contributed by atoms with van der Waals surface area (Å²) in [5, 5.41) is 0.615. The monoisotopic (exact) mass is 337 g/mol. The molecule has 0 bridgehead atoms. The van der Waals surface area contributed by atoms with Crippen molar-refractivity contribution in [3.63, 3.8) is 0 Å². The topological polar surface area (TPSA) is 58.2 Å². The third kappa shape index (κ3) is 4.06. The van der Waals surface area contributed by atoms with Gasteiger partial charge in [0.25, 0.3) is 5.56 Å². The second-order valence-electron chi connectivity index (χ2n) is 6.29. The first-order valence-corrected chi connectivity index (χ1v) is 8.43. The number of nitrogens with one attached hydrogen (secondary N) is 1. The van der Waals surface area contributed by atoms with Crippen LogP contribution in [0.2, 0.25) is 0 Å². The predicted octanol–water partition coefficient (Wildman–Crippen LogP) is 3.30. The van der Waals surface area contributed by atoms with Gasteiger partial charge in [-0.05, 0) is 50.7 Å². The van der Waals surface area contributed by atoms with Crippen LogP contribution in [0.3, 0.4) is 0 Å².